The summed E-state index contributed by atoms with van der Waals surface area (Å²) in [5, 5.41) is 3.37. The van der Waals surface area contributed by atoms with Gasteiger partial charge in [0.05, 0.1) is 6.54 Å². The van der Waals surface area contributed by atoms with E-state index in [-0.39, 0.29) is 0 Å². The summed E-state index contributed by atoms with van der Waals surface area (Å²) in [7, 11) is 2.18. The second-order valence-electron chi connectivity index (χ2n) is 5.07. The van der Waals surface area contributed by atoms with E-state index < -0.39 is 0 Å². The Labute approximate surface area is 97.4 Å². The minimum atomic E-state index is 0.506. The first-order valence-electron chi connectivity index (χ1n) is 6.11. The molecule has 1 fully saturated rings. The van der Waals surface area contributed by atoms with Crippen molar-refractivity contribution in [3.63, 3.8) is 0 Å². The molecule has 16 heavy (non-hydrogen) atoms. The van der Waals surface area contributed by atoms with Crippen LogP contribution in [0.2, 0.25) is 0 Å². The number of nitrogens with zero attached hydrogens (tertiary/aromatic N) is 2. The van der Waals surface area contributed by atoms with Crippen LogP contribution < -0.4 is 5.32 Å². The van der Waals surface area contributed by atoms with Crippen LogP contribution in [0.25, 0.3) is 0 Å². The molecule has 0 bridgehead atoms. The monoisotopic (exact) mass is 222 g/mol. The maximum atomic E-state index is 4.42. The van der Waals surface area contributed by atoms with Gasteiger partial charge in [0.15, 0.2) is 0 Å². The number of rotatable bonds is 4. The average molecular weight is 222 g/mol. The number of H-pyrrole nitrogens is 1. The number of hydrogen-bond acceptors (Lipinski definition) is 3. The first kappa shape index (κ1) is 11.6. The van der Waals surface area contributed by atoms with Gasteiger partial charge in [-0.3, -0.25) is 0 Å². The van der Waals surface area contributed by atoms with Crippen LogP contribution in [-0.4, -0.2) is 41.0 Å². The molecule has 4 heteroatoms. The highest BCUT2D eigenvalue weighted by Crippen LogP contribution is 2.24. The van der Waals surface area contributed by atoms with Crippen molar-refractivity contribution in [1.29, 1.82) is 0 Å². The molecule has 1 aliphatic heterocycles. The zero-order valence-electron chi connectivity index (χ0n) is 10.5. The topological polar surface area (TPSA) is 44.0 Å². The molecule has 1 aromatic rings. The Morgan fingerprint density at radius 3 is 3.06 bits per heavy atom. The summed E-state index contributed by atoms with van der Waals surface area (Å²) in [6.45, 7) is 7.48. The lowest BCUT2D eigenvalue weighted by atomic mass is 10.1. The molecule has 1 aromatic heterocycles. The maximum absolute atomic E-state index is 4.42. The summed E-state index contributed by atoms with van der Waals surface area (Å²) < 4.78 is 0. The van der Waals surface area contributed by atoms with Gasteiger partial charge in [-0.15, -0.1) is 0 Å². The lowest BCUT2D eigenvalue weighted by molar-refractivity contribution is 0.411. The number of hydrogen-bond donors (Lipinski definition) is 2. The summed E-state index contributed by atoms with van der Waals surface area (Å²) in [6, 6.07) is 0.506. The first-order valence-corrected chi connectivity index (χ1v) is 6.11. The maximum Gasteiger partial charge on any atom is 0.120 e. The van der Waals surface area contributed by atoms with Gasteiger partial charge in [-0.2, -0.15) is 0 Å². The van der Waals surface area contributed by atoms with Gasteiger partial charge in [-0.05, 0) is 20.0 Å². The van der Waals surface area contributed by atoms with E-state index in [1.54, 1.807) is 0 Å². The predicted molar refractivity (Wildman–Crippen MR) is 65.4 cm³/mol. The van der Waals surface area contributed by atoms with Gasteiger partial charge in [0.25, 0.3) is 0 Å². The van der Waals surface area contributed by atoms with Crippen molar-refractivity contribution in [3.8, 4) is 0 Å². The number of aromatic nitrogens is 2. The number of imidazole rings is 1. The van der Waals surface area contributed by atoms with Crippen LogP contribution in [-0.2, 0) is 6.54 Å². The van der Waals surface area contributed by atoms with E-state index in [1.165, 1.54) is 18.7 Å². The Morgan fingerprint density at radius 2 is 2.44 bits per heavy atom. The number of aromatic amines is 1. The van der Waals surface area contributed by atoms with Gasteiger partial charge in [-0.25, -0.2) is 4.98 Å². The highest BCUT2D eigenvalue weighted by Gasteiger charge is 2.22. The molecular weight excluding hydrogens is 200 g/mol. The van der Waals surface area contributed by atoms with Crippen LogP contribution in [0.4, 0.5) is 0 Å². The van der Waals surface area contributed by atoms with E-state index in [1.807, 2.05) is 6.20 Å². The standard InChI is InChI=1S/C12H22N4/c1-9(2)13-7-12-14-6-11(15-12)10-4-5-16(3)8-10/h6,9-10,13H,4-5,7-8H2,1-3H3,(H,14,15). The Bertz CT molecular complexity index is 332. The molecule has 90 valence electrons. The molecule has 1 saturated heterocycles. The van der Waals surface area contributed by atoms with Crippen molar-refractivity contribution in [2.75, 3.05) is 20.1 Å². The van der Waals surface area contributed by atoms with E-state index in [2.05, 4.69) is 41.1 Å². The van der Waals surface area contributed by atoms with E-state index in [0.29, 0.717) is 12.0 Å². The van der Waals surface area contributed by atoms with Gasteiger partial charge < -0.3 is 15.2 Å². The van der Waals surface area contributed by atoms with Crippen LogP contribution in [0.1, 0.15) is 37.7 Å². The fourth-order valence-corrected chi connectivity index (χ4v) is 2.17. The molecule has 1 atom stereocenters. The van der Waals surface area contributed by atoms with Crippen molar-refractivity contribution < 1.29 is 0 Å². The highest BCUT2D eigenvalue weighted by molar-refractivity contribution is 5.10. The molecule has 4 nitrogen and oxygen atoms in total. The Morgan fingerprint density at radius 1 is 1.62 bits per heavy atom. The third-order valence-electron chi connectivity index (χ3n) is 3.16. The molecule has 0 amide bonds. The highest BCUT2D eigenvalue weighted by atomic mass is 15.1. The quantitative estimate of drug-likeness (QED) is 0.807. The van der Waals surface area contributed by atoms with Crippen LogP contribution in [0.5, 0.6) is 0 Å². The molecule has 2 N–H and O–H groups in total. The minimum Gasteiger partial charge on any atom is -0.345 e. The van der Waals surface area contributed by atoms with Crippen LogP contribution in [0, 0.1) is 0 Å². The van der Waals surface area contributed by atoms with Crippen molar-refractivity contribution in [2.24, 2.45) is 0 Å². The smallest absolute Gasteiger partial charge is 0.120 e. The van der Waals surface area contributed by atoms with Crippen LogP contribution in [0.3, 0.4) is 0 Å². The Balaban J connectivity index is 1.91. The molecular formula is C12H22N4. The van der Waals surface area contributed by atoms with Crippen molar-refractivity contribution in [3.05, 3.63) is 17.7 Å². The number of nitrogens with one attached hydrogen (secondary N) is 2. The van der Waals surface area contributed by atoms with E-state index in [0.717, 1.165) is 18.9 Å². The zero-order valence-corrected chi connectivity index (χ0v) is 10.5. The largest absolute Gasteiger partial charge is 0.345 e. The fourth-order valence-electron chi connectivity index (χ4n) is 2.17. The van der Waals surface area contributed by atoms with Crippen molar-refractivity contribution in [2.45, 2.75) is 38.8 Å². The minimum absolute atomic E-state index is 0.506. The number of likely N-dealkylation sites (N-methyl/N-ethyl adjacent to an activating group) is 1. The predicted octanol–water partition coefficient (Wildman–Crippen LogP) is 1.33. The summed E-state index contributed by atoms with van der Waals surface area (Å²) in [4.78, 5) is 10.2. The average Bonchev–Trinajstić information content (AvgIpc) is 2.83. The van der Waals surface area contributed by atoms with Gasteiger partial charge in [0.2, 0.25) is 0 Å². The van der Waals surface area contributed by atoms with Crippen molar-refractivity contribution >= 4 is 0 Å². The zero-order chi connectivity index (χ0) is 11.5. The van der Waals surface area contributed by atoms with E-state index >= 15 is 0 Å². The molecule has 0 radical (unpaired) electrons. The molecule has 1 unspecified atom stereocenters. The SMILES string of the molecule is CC(C)NCc1ncc(C2CCN(C)C2)[nH]1. The van der Waals surface area contributed by atoms with Gasteiger partial charge in [-0.1, -0.05) is 13.8 Å². The van der Waals surface area contributed by atoms with Crippen LogP contribution >= 0.6 is 0 Å². The first-order chi connectivity index (χ1) is 7.65. The Kier molecular flexibility index (Phi) is 3.61. The van der Waals surface area contributed by atoms with Gasteiger partial charge in [0.1, 0.15) is 5.82 Å². The third-order valence-corrected chi connectivity index (χ3v) is 3.16. The molecule has 0 spiro atoms. The van der Waals surface area contributed by atoms with E-state index in [4.69, 9.17) is 0 Å². The van der Waals surface area contributed by atoms with E-state index in [9.17, 15) is 0 Å². The third kappa shape index (κ3) is 2.83. The summed E-state index contributed by atoms with van der Waals surface area (Å²) >= 11 is 0. The summed E-state index contributed by atoms with van der Waals surface area (Å²) in [5.74, 6) is 1.70. The molecule has 2 heterocycles. The second-order valence-corrected chi connectivity index (χ2v) is 5.07. The second kappa shape index (κ2) is 4.97. The normalized spacial score (nSPS) is 22.1. The van der Waals surface area contributed by atoms with Gasteiger partial charge in [0, 0.05) is 30.4 Å². The van der Waals surface area contributed by atoms with Crippen LogP contribution in [0.15, 0.2) is 6.20 Å². The summed E-state index contributed by atoms with van der Waals surface area (Å²) in [5.41, 5.74) is 1.30. The fraction of sp³-hybridized carbons (Fsp3) is 0.750. The molecule has 0 aliphatic carbocycles. The summed E-state index contributed by atoms with van der Waals surface area (Å²) in [6.07, 6.45) is 3.25. The van der Waals surface area contributed by atoms with Crippen molar-refractivity contribution in [1.82, 2.24) is 20.2 Å². The molecule has 0 aromatic carbocycles. The Hall–Kier alpha value is -0.870. The lowest BCUT2D eigenvalue weighted by Crippen LogP contribution is -2.22. The number of likely N-dealkylation sites (tertiary alicyclic amines) is 1. The van der Waals surface area contributed by atoms with Gasteiger partial charge >= 0.3 is 0 Å². The molecule has 2 rings (SSSR count). The molecule has 0 saturated carbocycles. The lowest BCUT2D eigenvalue weighted by Gasteiger charge is -2.08. The molecule has 1 aliphatic rings.